The SMILES string of the molecule is CC(=Nc1ccc2c(c1)C(=O)[C@@H]1C=CC=C[C@H]1C2=O)c1cc2ccccc2oc1=O. The lowest BCUT2D eigenvalue weighted by molar-refractivity contribution is 0.0801. The van der Waals surface area contributed by atoms with E-state index in [9.17, 15) is 14.4 Å². The van der Waals surface area contributed by atoms with E-state index in [0.29, 0.717) is 33.7 Å². The minimum Gasteiger partial charge on any atom is -0.422 e. The first-order chi connectivity index (χ1) is 14.5. The maximum Gasteiger partial charge on any atom is 0.345 e. The van der Waals surface area contributed by atoms with Crippen LogP contribution in [-0.4, -0.2) is 17.3 Å². The summed E-state index contributed by atoms with van der Waals surface area (Å²) in [5.74, 6) is -1.05. The molecule has 2 atom stereocenters. The molecular formula is C25H17NO4. The summed E-state index contributed by atoms with van der Waals surface area (Å²) in [7, 11) is 0. The summed E-state index contributed by atoms with van der Waals surface area (Å²) in [6, 6.07) is 14.0. The number of carbonyl (C=O) groups is 2. The maximum atomic E-state index is 13.0. The molecule has 2 aromatic carbocycles. The minimum absolute atomic E-state index is 0.0578. The summed E-state index contributed by atoms with van der Waals surface area (Å²) in [5.41, 5.74) is 2.18. The van der Waals surface area contributed by atoms with Crippen molar-refractivity contribution >= 4 is 33.9 Å². The van der Waals surface area contributed by atoms with E-state index in [-0.39, 0.29) is 11.6 Å². The standard InChI is InChI=1S/C25H17NO4/c1-14(20-12-15-6-2-5-9-22(15)30-25(20)29)26-16-10-11-19-21(13-16)24(28)18-8-4-3-7-17(18)23(19)27/h2-13,17-18H,1H3/t17-,18-/m1/s1. The van der Waals surface area contributed by atoms with E-state index in [1.54, 1.807) is 67.6 Å². The highest BCUT2D eigenvalue weighted by Gasteiger charge is 2.39. The molecule has 5 nitrogen and oxygen atoms in total. The highest BCUT2D eigenvalue weighted by Crippen LogP contribution is 2.35. The van der Waals surface area contributed by atoms with Crippen molar-refractivity contribution in [3.63, 3.8) is 0 Å². The summed E-state index contributed by atoms with van der Waals surface area (Å²) < 4.78 is 5.38. The third-order valence-electron chi connectivity index (χ3n) is 5.60. The molecule has 0 radical (unpaired) electrons. The lowest BCUT2D eigenvalue weighted by Gasteiger charge is -2.28. The molecule has 3 aromatic rings. The van der Waals surface area contributed by atoms with Crippen LogP contribution in [0.15, 0.2) is 87.0 Å². The van der Waals surface area contributed by atoms with Crippen LogP contribution in [0, 0.1) is 11.8 Å². The van der Waals surface area contributed by atoms with Gasteiger partial charge < -0.3 is 4.42 Å². The minimum atomic E-state index is -0.471. The van der Waals surface area contributed by atoms with Crippen LogP contribution in [0.4, 0.5) is 5.69 Å². The van der Waals surface area contributed by atoms with Gasteiger partial charge in [-0.3, -0.25) is 14.6 Å². The van der Waals surface area contributed by atoms with Gasteiger partial charge in [-0.25, -0.2) is 4.79 Å². The second kappa shape index (κ2) is 6.88. The summed E-state index contributed by atoms with van der Waals surface area (Å²) >= 11 is 0. The molecule has 1 heterocycles. The van der Waals surface area contributed by atoms with Gasteiger partial charge in [0.1, 0.15) is 5.58 Å². The fraction of sp³-hybridized carbons (Fsp3) is 0.120. The molecule has 0 amide bonds. The van der Waals surface area contributed by atoms with Gasteiger partial charge >= 0.3 is 5.63 Å². The van der Waals surface area contributed by atoms with Gasteiger partial charge in [0.25, 0.3) is 0 Å². The normalized spacial score (nSPS) is 20.4. The van der Waals surface area contributed by atoms with E-state index in [2.05, 4.69) is 4.99 Å². The first-order valence-corrected chi connectivity index (χ1v) is 9.69. The number of hydrogen-bond acceptors (Lipinski definition) is 5. The van der Waals surface area contributed by atoms with Crippen molar-refractivity contribution < 1.29 is 14.0 Å². The van der Waals surface area contributed by atoms with Crippen molar-refractivity contribution in [1.82, 2.24) is 0 Å². The van der Waals surface area contributed by atoms with Gasteiger partial charge in [-0.15, -0.1) is 0 Å². The Morgan fingerprint density at radius 1 is 0.867 bits per heavy atom. The van der Waals surface area contributed by atoms with Crippen molar-refractivity contribution in [3.8, 4) is 0 Å². The lowest BCUT2D eigenvalue weighted by Crippen LogP contribution is -2.35. The van der Waals surface area contributed by atoms with Crippen LogP contribution < -0.4 is 5.63 Å². The monoisotopic (exact) mass is 395 g/mol. The molecule has 30 heavy (non-hydrogen) atoms. The van der Waals surface area contributed by atoms with E-state index in [0.717, 1.165) is 5.39 Å². The molecule has 1 aromatic heterocycles. The average Bonchev–Trinajstić information content (AvgIpc) is 2.77. The Kier molecular flexibility index (Phi) is 4.17. The number of nitrogens with zero attached hydrogens (tertiary/aromatic N) is 1. The number of rotatable bonds is 2. The Morgan fingerprint density at radius 3 is 2.33 bits per heavy atom. The van der Waals surface area contributed by atoms with Gasteiger partial charge in [-0.1, -0.05) is 42.5 Å². The first-order valence-electron chi connectivity index (χ1n) is 9.69. The Bertz CT molecular complexity index is 1370. The van der Waals surface area contributed by atoms with Gasteiger partial charge in [-0.05, 0) is 37.3 Å². The van der Waals surface area contributed by atoms with Crippen LogP contribution in [-0.2, 0) is 0 Å². The molecule has 0 spiro atoms. The van der Waals surface area contributed by atoms with Gasteiger partial charge in [-0.2, -0.15) is 0 Å². The summed E-state index contributed by atoms with van der Waals surface area (Å²) in [5, 5.41) is 0.802. The lowest BCUT2D eigenvalue weighted by atomic mass is 9.72. The van der Waals surface area contributed by atoms with Gasteiger partial charge in [0.2, 0.25) is 0 Å². The van der Waals surface area contributed by atoms with E-state index >= 15 is 0 Å². The second-order valence-corrected chi connectivity index (χ2v) is 7.46. The number of aliphatic imine (C=N–C) groups is 1. The first kappa shape index (κ1) is 18.2. The van der Waals surface area contributed by atoms with Crippen molar-refractivity contribution in [3.05, 3.63) is 99.9 Å². The highest BCUT2D eigenvalue weighted by molar-refractivity contribution is 6.18. The molecule has 5 rings (SSSR count). The fourth-order valence-corrected chi connectivity index (χ4v) is 4.06. The quantitative estimate of drug-likeness (QED) is 0.467. The number of Topliss-reactive ketones (excluding diaryl/α,β-unsaturated/α-hetero) is 2. The molecule has 0 fully saturated rings. The van der Waals surface area contributed by atoms with Crippen LogP contribution in [0.25, 0.3) is 11.0 Å². The Balaban J connectivity index is 1.57. The largest absolute Gasteiger partial charge is 0.422 e. The molecular weight excluding hydrogens is 378 g/mol. The molecule has 0 saturated carbocycles. The zero-order valence-electron chi connectivity index (χ0n) is 16.2. The molecule has 5 heteroatoms. The molecule has 0 unspecified atom stereocenters. The molecule has 146 valence electrons. The van der Waals surface area contributed by atoms with Crippen molar-refractivity contribution in [2.45, 2.75) is 6.92 Å². The van der Waals surface area contributed by atoms with E-state index in [1.807, 2.05) is 12.1 Å². The van der Waals surface area contributed by atoms with Crippen LogP contribution in [0.3, 0.4) is 0 Å². The van der Waals surface area contributed by atoms with Crippen molar-refractivity contribution in [2.24, 2.45) is 16.8 Å². The molecule has 0 N–H and O–H groups in total. The van der Waals surface area contributed by atoms with Crippen LogP contribution >= 0.6 is 0 Å². The van der Waals surface area contributed by atoms with Crippen molar-refractivity contribution in [2.75, 3.05) is 0 Å². The van der Waals surface area contributed by atoms with E-state index in [1.165, 1.54) is 0 Å². The van der Waals surface area contributed by atoms with Crippen LogP contribution in [0.5, 0.6) is 0 Å². The average molecular weight is 395 g/mol. The fourth-order valence-electron chi connectivity index (χ4n) is 4.06. The number of para-hydroxylation sites is 1. The molecule has 2 aliphatic carbocycles. The molecule has 0 saturated heterocycles. The number of allylic oxidation sites excluding steroid dienone is 4. The molecule has 0 bridgehead atoms. The topological polar surface area (TPSA) is 76.7 Å². The summed E-state index contributed by atoms with van der Waals surface area (Å²) in [6.45, 7) is 1.72. The third kappa shape index (κ3) is 2.87. The van der Waals surface area contributed by atoms with E-state index < -0.39 is 17.5 Å². The van der Waals surface area contributed by atoms with Gasteiger partial charge in [0.05, 0.1) is 28.8 Å². The molecule has 0 aliphatic heterocycles. The van der Waals surface area contributed by atoms with Gasteiger partial charge in [0.15, 0.2) is 11.6 Å². The number of carbonyl (C=O) groups excluding carboxylic acids is 2. The van der Waals surface area contributed by atoms with Crippen LogP contribution in [0.1, 0.15) is 33.2 Å². The zero-order valence-corrected chi connectivity index (χ0v) is 16.2. The second-order valence-electron chi connectivity index (χ2n) is 7.46. The number of hydrogen-bond donors (Lipinski definition) is 0. The summed E-state index contributed by atoms with van der Waals surface area (Å²) in [6.07, 6.45) is 7.15. The highest BCUT2D eigenvalue weighted by atomic mass is 16.4. The Hall–Kier alpha value is -3.86. The van der Waals surface area contributed by atoms with Crippen LogP contribution in [0.2, 0.25) is 0 Å². The number of fused-ring (bicyclic) bond motifs is 3. The smallest absolute Gasteiger partial charge is 0.345 e. The maximum absolute atomic E-state index is 13.0. The summed E-state index contributed by atoms with van der Waals surface area (Å²) in [4.78, 5) is 42.7. The number of ketones is 2. The van der Waals surface area contributed by atoms with E-state index in [4.69, 9.17) is 4.42 Å². The third-order valence-corrected chi connectivity index (χ3v) is 5.60. The Morgan fingerprint density at radius 2 is 1.57 bits per heavy atom. The van der Waals surface area contributed by atoms with Crippen molar-refractivity contribution in [1.29, 1.82) is 0 Å². The van der Waals surface area contributed by atoms with Gasteiger partial charge in [0, 0.05) is 16.5 Å². The zero-order chi connectivity index (χ0) is 20.8. The molecule has 2 aliphatic rings. The predicted octanol–water partition coefficient (Wildman–Crippen LogP) is 4.67. The predicted molar refractivity (Wildman–Crippen MR) is 115 cm³/mol. The Labute approximate surface area is 172 Å². The number of benzene rings is 2.